The van der Waals surface area contributed by atoms with Crippen LogP contribution in [0, 0.1) is 17.2 Å². The number of carboxylic acid groups (broad SMARTS) is 1. The minimum absolute atomic E-state index is 0.0324. The fourth-order valence-electron chi connectivity index (χ4n) is 2.71. The molecule has 1 aromatic rings. The van der Waals surface area contributed by atoms with Crippen molar-refractivity contribution in [2.45, 2.75) is 32.2 Å². The molecule has 1 fully saturated rings. The van der Waals surface area contributed by atoms with Gasteiger partial charge < -0.3 is 14.8 Å². The summed E-state index contributed by atoms with van der Waals surface area (Å²) in [7, 11) is 0. The number of carbonyl (C=O) groups excluding carboxylic acids is 2. The van der Waals surface area contributed by atoms with Gasteiger partial charge in [-0.15, -0.1) is 0 Å². The Bertz CT molecular complexity index is 566. The van der Waals surface area contributed by atoms with Crippen LogP contribution in [0.5, 0.6) is 0 Å². The number of hydrogen-bond acceptors (Lipinski definition) is 4. The molecule has 2 aliphatic rings. The molecule has 1 aliphatic carbocycles. The van der Waals surface area contributed by atoms with Crippen LogP contribution >= 0.6 is 0 Å². The van der Waals surface area contributed by atoms with Gasteiger partial charge in [0.15, 0.2) is 6.04 Å². The zero-order chi connectivity index (χ0) is 15.4. The van der Waals surface area contributed by atoms with Gasteiger partial charge in [-0.2, -0.15) is 5.26 Å². The molecule has 0 radical (unpaired) electrons. The average molecular weight is 285 g/mol. The molecule has 1 amide bonds. The lowest BCUT2D eigenvalue weighted by Gasteiger charge is -2.08. The molecule has 1 saturated heterocycles. The van der Waals surface area contributed by atoms with Crippen molar-refractivity contribution in [3.05, 3.63) is 35.4 Å². The second kappa shape index (κ2) is 6.40. The normalized spacial score (nSPS) is 19.3. The van der Waals surface area contributed by atoms with Crippen molar-refractivity contribution in [3.63, 3.8) is 0 Å². The van der Waals surface area contributed by atoms with Crippen LogP contribution in [-0.2, 0) is 22.4 Å². The third kappa shape index (κ3) is 3.60. The highest BCUT2D eigenvalue weighted by Gasteiger charge is 2.44. The number of amides is 1. The summed E-state index contributed by atoms with van der Waals surface area (Å²) in [5, 5.41) is 18.6. The van der Waals surface area contributed by atoms with Crippen LogP contribution in [0.4, 0.5) is 0 Å². The lowest BCUT2D eigenvalue weighted by Crippen LogP contribution is -2.25. The highest BCUT2D eigenvalue weighted by molar-refractivity contribution is 5.99. The van der Waals surface area contributed by atoms with E-state index in [4.69, 9.17) is 5.26 Å². The molecule has 5 nitrogen and oxygen atoms in total. The fourth-order valence-corrected chi connectivity index (χ4v) is 2.71. The summed E-state index contributed by atoms with van der Waals surface area (Å²) in [6.07, 6.45) is 1.98. The van der Waals surface area contributed by atoms with Crippen molar-refractivity contribution < 1.29 is 14.7 Å². The predicted octanol–water partition coefficient (Wildman–Crippen LogP) is 0.282. The van der Waals surface area contributed by atoms with Crippen molar-refractivity contribution in [1.82, 2.24) is 4.90 Å². The van der Waals surface area contributed by atoms with Gasteiger partial charge in [0.1, 0.15) is 0 Å². The number of aliphatic carboxylic acids is 1. The van der Waals surface area contributed by atoms with Crippen LogP contribution in [0.15, 0.2) is 24.3 Å². The lowest BCUT2D eigenvalue weighted by atomic mass is 10.0. The predicted molar refractivity (Wildman–Crippen MR) is 73.8 cm³/mol. The number of likely N-dealkylation sites (N-methyl/N-ethyl adjacent to an activating group) is 1. The maximum absolute atomic E-state index is 10.4. The molecule has 0 saturated carbocycles. The first kappa shape index (κ1) is 15.0. The number of nitriles is 1. The van der Waals surface area contributed by atoms with Gasteiger partial charge >= 0.3 is 0 Å². The number of hydrogen-bond donors (Lipinski definition) is 0. The van der Waals surface area contributed by atoms with Crippen LogP contribution in [-0.4, -0.2) is 29.4 Å². The number of carbonyl (C=O) groups is 2. The number of nitrogens with zero attached hydrogens (tertiary/aromatic N) is 2. The second-order valence-electron chi connectivity index (χ2n) is 5.28. The summed E-state index contributed by atoms with van der Waals surface area (Å²) in [5.41, 5.74) is 2.60. The smallest absolute Gasteiger partial charge is 0.261 e. The SMILES string of the molecule is CCN1C(=O)C1C#N.O=C([O-])CC1Cc2ccccc2C1. The molecule has 1 atom stereocenters. The van der Waals surface area contributed by atoms with Crippen LogP contribution in [0.25, 0.3) is 0 Å². The van der Waals surface area contributed by atoms with Crippen molar-refractivity contribution in [2.75, 3.05) is 6.54 Å². The number of rotatable bonds is 3. The first-order valence-electron chi connectivity index (χ1n) is 7.03. The largest absolute Gasteiger partial charge is 0.550 e. The Morgan fingerprint density at radius 2 is 1.95 bits per heavy atom. The van der Waals surface area contributed by atoms with Gasteiger partial charge in [-0.1, -0.05) is 24.3 Å². The van der Waals surface area contributed by atoms with E-state index in [2.05, 4.69) is 12.1 Å². The number of benzene rings is 1. The van der Waals surface area contributed by atoms with E-state index < -0.39 is 12.0 Å². The van der Waals surface area contributed by atoms with Crippen LogP contribution in [0.1, 0.15) is 24.5 Å². The molecule has 110 valence electrons. The maximum Gasteiger partial charge on any atom is 0.261 e. The first-order valence-corrected chi connectivity index (χ1v) is 7.03. The Balaban J connectivity index is 0.000000173. The number of fused-ring (bicyclic) bond motifs is 1. The van der Waals surface area contributed by atoms with Crippen LogP contribution in [0.2, 0.25) is 0 Å². The summed E-state index contributed by atoms with van der Waals surface area (Å²) in [6, 6.07) is 9.60. The van der Waals surface area contributed by atoms with Gasteiger partial charge in [0.2, 0.25) is 0 Å². The zero-order valence-electron chi connectivity index (χ0n) is 11.9. The molecular weight excluding hydrogens is 268 g/mol. The summed E-state index contributed by atoms with van der Waals surface area (Å²) >= 11 is 0. The quantitative estimate of drug-likeness (QED) is 0.747. The molecule has 0 bridgehead atoms. The minimum atomic E-state index is -0.933. The summed E-state index contributed by atoms with van der Waals surface area (Å²) in [4.78, 5) is 22.3. The Labute approximate surface area is 123 Å². The molecule has 0 spiro atoms. The van der Waals surface area contributed by atoms with E-state index in [0.717, 1.165) is 12.8 Å². The average Bonchev–Trinajstić information content (AvgIpc) is 2.90. The van der Waals surface area contributed by atoms with Gasteiger partial charge in [-0.3, -0.25) is 4.79 Å². The van der Waals surface area contributed by atoms with E-state index in [-0.39, 0.29) is 18.2 Å². The maximum atomic E-state index is 10.4. The summed E-state index contributed by atoms with van der Waals surface area (Å²) in [6.45, 7) is 2.52. The standard InChI is InChI=1S/C11H12O2.C5H6N2O/c12-11(13)7-8-5-9-3-1-2-4-10(9)6-8;1-2-7-4(3-6)5(7)8/h1-4,8H,5-7H2,(H,12,13);4H,2H2,1H3/p-1. The Morgan fingerprint density at radius 3 is 2.29 bits per heavy atom. The molecule has 21 heavy (non-hydrogen) atoms. The van der Waals surface area contributed by atoms with Crippen molar-refractivity contribution in [2.24, 2.45) is 5.92 Å². The fraction of sp³-hybridized carbons (Fsp3) is 0.438. The van der Waals surface area contributed by atoms with Crippen molar-refractivity contribution >= 4 is 11.9 Å². The van der Waals surface area contributed by atoms with Gasteiger partial charge in [0.25, 0.3) is 5.91 Å². The monoisotopic (exact) mass is 285 g/mol. The second-order valence-corrected chi connectivity index (χ2v) is 5.28. The van der Waals surface area contributed by atoms with E-state index in [9.17, 15) is 14.7 Å². The third-order valence-corrected chi connectivity index (χ3v) is 3.81. The summed E-state index contributed by atoms with van der Waals surface area (Å²) in [5.74, 6) is -0.713. The molecule has 0 aromatic heterocycles. The van der Waals surface area contributed by atoms with Gasteiger partial charge in [-0.05, 0) is 43.2 Å². The van der Waals surface area contributed by atoms with E-state index in [1.807, 2.05) is 25.1 Å². The van der Waals surface area contributed by atoms with Crippen molar-refractivity contribution in [1.29, 1.82) is 5.26 Å². The van der Waals surface area contributed by atoms with Crippen LogP contribution in [0.3, 0.4) is 0 Å². The molecule has 5 heteroatoms. The molecule has 1 heterocycles. The van der Waals surface area contributed by atoms with E-state index in [1.165, 1.54) is 16.0 Å². The lowest BCUT2D eigenvalue weighted by molar-refractivity contribution is -0.306. The van der Waals surface area contributed by atoms with Gasteiger partial charge in [0.05, 0.1) is 6.07 Å². The molecule has 3 rings (SSSR count). The third-order valence-electron chi connectivity index (χ3n) is 3.81. The highest BCUT2D eigenvalue weighted by Crippen LogP contribution is 2.28. The Kier molecular flexibility index (Phi) is 4.59. The van der Waals surface area contributed by atoms with Crippen molar-refractivity contribution in [3.8, 4) is 6.07 Å². The first-order chi connectivity index (χ1) is 10.1. The Hall–Kier alpha value is -2.35. The highest BCUT2D eigenvalue weighted by atomic mass is 16.4. The Morgan fingerprint density at radius 1 is 1.38 bits per heavy atom. The molecule has 1 unspecified atom stereocenters. The molecule has 0 N–H and O–H groups in total. The minimum Gasteiger partial charge on any atom is -0.550 e. The van der Waals surface area contributed by atoms with E-state index >= 15 is 0 Å². The zero-order valence-corrected chi connectivity index (χ0v) is 11.9. The molecule has 1 aromatic carbocycles. The topological polar surface area (TPSA) is 84.0 Å². The van der Waals surface area contributed by atoms with E-state index in [1.54, 1.807) is 0 Å². The number of carboxylic acids is 1. The summed E-state index contributed by atoms with van der Waals surface area (Å²) < 4.78 is 0. The van der Waals surface area contributed by atoms with E-state index in [0.29, 0.717) is 6.54 Å². The molecular formula is C16H17N2O3-. The van der Waals surface area contributed by atoms with Crippen LogP contribution < -0.4 is 5.11 Å². The molecule has 1 aliphatic heterocycles. The van der Waals surface area contributed by atoms with Gasteiger partial charge in [-0.25, -0.2) is 0 Å². The van der Waals surface area contributed by atoms with Gasteiger partial charge in [0, 0.05) is 12.5 Å².